The number of nitrogens with one attached hydrogen (secondary N) is 1. The molecule has 36 heavy (non-hydrogen) atoms. The zero-order valence-electron chi connectivity index (χ0n) is 20.3. The van der Waals surface area contributed by atoms with Gasteiger partial charge in [0.15, 0.2) is 11.6 Å². The summed E-state index contributed by atoms with van der Waals surface area (Å²) in [6.07, 6.45) is 6.29. The minimum absolute atomic E-state index is 0.0317. The molecule has 0 aliphatic carbocycles. The molecule has 0 spiro atoms. The summed E-state index contributed by atoms with van der Waals surface area (Å²) in [5.41, 5.74) is 2.26. The normalized spacial score (nSPS) is 12.4. The molecule has 0 bridgehead atoms. The van der Waals surface area contributed by atoms with Gasteiger partial charge in [0.25, 0.3) is 0 Å². The molecule has 184 valence electrons. The van der Waals surface area contributed by atoms with Gasteiger partial charge < -0.3 is 15.0 Å². The number of benzene rings is 2. The minimum atomic E-state index is -0.636. The molecule has 1 N–H and O–H groups in total. The van der Waals surface area contributed by atoms with Crippen LogP contribution in [-0.2, 0) is 7.05 Å². The summed E-state index contributed by atoms with van der Waals surface area (Å²) in [7, 11) is 5.77. The lowest BCUT2D eigenvalue weighted by molar-refractivity contribution is 0.179. The molecule has 1 atom stereocenters. The molecule has 0 fully saturated rings. The highest BCUT2D eigenvalue weighted by atomic mass is 19.1. The van der Waals surface area contributed by atoms with Gasteiger partial charge in [0.05, 0.1) is 22.8 Å². The van der Waals surface area contributed by atoms with E-state index < -0.39 is 11.6 Å². The first-order valence-corrected chi connectivity index (χ1v) is 11.4. The summed E-state index contributed by atoms with van der Waals surface area (Å²) < 4.78 is 38.1. The summed E-state index contributed by atoms with van der Waals surface area (Å²) in [4.78, 5) is 14.8. The second kappa shape index (κ2) is 9.46. The Hall–Kier alpha value is -4.18. The number of ether oxygens (including phenoxy) is 1. The Morgan fingerprint density at radius 3 is 2.69 bits per heavy atom. The third kappa shape index (κ3) is 4.55. The number of nitrogens with zero attached hydrogens (tertiary/aromatic N) is 6. The van der Waals surface area contributed by atoms with Crippen LogP contribution in [0.3, 0.4) is 0 Å². The summed E-state index contributed by atoms with van der Waals surface area (Å²) in [6, 6.07) is 7.91. The largest absolute Gasteiger partial charge is 0.489 e. The highest BCUT2D eigenvalue weighted by Gasteiger charge is 2.19. The summed E-state index contributed by atoms with van der Waals surface area (Å²) >= 11 is 0. The Morgan fingerprint density at radius 1 is 1.11 bits per heavy atom. The summed E-state index contributed by atoms with van der Waals surface area (Å²) in [5.74, 6) is -0.442. The molecule has 0 radical (unpaired) electrons. The van der Waals surface area contributed by atoms with Gasteiger partial charge in [-0.15, -0.1) is 0 Å². The van der Waals surface area contributed by atoms with E-state index in [1.807, 2.05) is 51.3 Å². The molecule has 0 saturated carbocycles. The van der Waals surface area contributed by atoms with Crippen molar-refractivity contribution in [3.05, 3.63) is 66.9 Å². The van der Waals surface area contributed by atoms with Gasteiger partial charge in [-0.2, -0.15) is 5.10 Å². The van der Waals surface area contributed by atoms with Gasteiger partial charge in [-0.25, -0.2) is 18.7 Å². The number of pyridine rings is 1. The number of fused-ring (bicyclic) bond motifs is 2. The van der Waals surface area contributed by atoms with Gasteiger partial charge >= 0.3 is 0 Å². The Kier molecular flexibility index (Phi) is 6.19. The second-order valence-electron chi connectivity index (χ2n) is 8.93. The number of aromatic nitrogens is 5. The van der Waals surface area contributed by atoms with Crippen molar-refractivity contribution < 1.29 is 13.5 Å². The number of rotatable bonds is 7. The fraction of sp³-hybridized carbons (Fsp3) is 0.231. The summed E-state index contributed by atoms with van der Waals surface area (Å²) in [5, 5.41) is 7.86. The van der Waals surface area contributed by atoms with Crippen molar-refractivity contribution in [3.63, 3.8) is 0 Å². The van der Waals surface area contributed by atoms with Crippen molar-refractivity contribution >= 4 is 33.3 Å². The molecule has 10 heteroatoms. The van der Waals surface area contributed by atoms with Crippen molar-refractivity contribution in [2.24, 2.45) is 7.05 Å². The van der Waals surface area contributed by atoms with E-state index in [0.29, 0.717) is 29.0 Å². The smallest absolute Gasteiger partial charge is 0.156 e. The van der Waals surface area contributed by atoms with E-state index in [1.54, 1.807) is 16.9 Å². The van der Waals surface area contributed by atoms with E-state index in [0.717, 1.165) is 17.2 Å². The van der Waals surface area contributed by atoms with Gasteiger partial charge in [-0.05, 0) is 50.8 Å². The highest BCUT2D eigenvalue weighted by Crippen LogP contribution is 2.37. The first-order valence-electron chi connectivity index (χ1n) is 11.4. The number of anilines is 2. The van der Waals surface area contributed by atoms with Gasteiger partial charge in [-0.3, -0.25) is 9.67 Å². The SMILES string of the molecule is C[C@H](CN(C)C)Oc1cc(-c2cnn(C)c2)cc2ncnc(Nc3cc(F)c4ncccc4c3F)c12. The van der Waals surface area contributed by atoms with Crippen molar-refractivity contribution in [2.75, 3.05) is 26.0 Å². The maximum absolute atomic E-state index is 15.3. The minimum Gasteiger partial charge on any atom is -0.489 e. The predicted octanol–water partition coefficient (Wildman–Crippen LogP) is 4.93. The average molecular weight is 490 g/mol. The third-order valence-corrected chi connectivity index (χ3v) is 5.72. The first-order chi connectivity index (χ1) is 17.3. The molecular formula is C26H25F2N7O. The molecule has 3 heterocycles. The van der Waals surface area contributed by atoms with Crippen LogP contribution in [0.5, 0.6) is 5.75 Å². The summed E-state index contributed by atoms with van der Waals surface area (Å²) in [6.45, 7) is 2.64. The van der Waals surface area contributed by atoms with Crippen LogP contribution in [0, 0.1) is 11.6 Å². The van der Waals surface area contributed by atoms with E-state index >= 15 is 4.39 Å². The molecule has 2 aromatic carbocycles. The van der Waals surface area contributed by atoms with E-state index in [2.05, 4.69) is 25.4 Å². The van der Waals surface area contributed by atoms with Gasteiger partial charge in [0, 0.05) is 43.0 Å². The predicted molar refractivity (Wildman–Crippen MR) is 135 cm³/mol. The lowest BCUT2D eigenvalue weighted by Crippen LogP contribution is -2.28. The van der Waals surface area contributed by atoms with Crippen molar-refractivity contribution in [1.29, 1.82) is 0 Å². The zero-order valence-corrected chi connectivity index (χ0v) is 20.3. The molecule has 0 saturated heterocycles. The number of hydrogen-bond donors (Lipinski definition) is 1. The van der Waals surface area contributed by atoms with Crippen LogP contribution >= 0.6 is 0 Å². The van der Waals surface area contributed by atoms with Crippen LogP contribution in [-0.4, -0.2) is 56.4 Å². The topological polar surface area (TPSA) is 81.0 Å². The number of halogens is 2. The van der Waals surface area contributed by atoms with Gasteiger partial charge in [0.2, 0.25) is 0 Å². The molecule has 3 aromatic heterocycles. The van der Waals surface area contributed by atoms with Gasteiger partial charge in [-0.1, -0.05) is 0 Å². The first kappa shape index (κ1) is 23.6. The van der Waals surface area contributed by atoms with Crippen LogP contribution in [0.2, 0.25) is 0 Å². The standard InChI is InChI=1S/C26H25F2N7O/c1-15(12-34(2)3)36-22-9-16(17-11-32-35(4)13-17)8-20-23(22)26(31-14-30-20)33-21-10-19(27)25-18(24(21)28)6-5-7-29-25/h5-11,13-15H,12H2,1-4H3,(H,30,31,33)/t15-/m1/s1. The molecular weight excluding hydrogens is 464 g/mol. The van der Waals surface area contributed by atoms with E-state index in [4.69, 9.17) is 4.74 Å². The number of likely N-dealkylation sites (N-methyl/N-ethyl adjacent to an activating group) is 1. The fourth-order valence-corrected chi connectivity index (χ4v) is 4.24. The van der Waals surface area contributed by atoms with E-state index in [9.17, 15) is 4.39 Å². The molecule has 8 nitrogen and oxygen atoms in total. The second-order valence-corrected chi connectivity index (χ2v) is 8.93. The van der Waals surface area contributed by atoms with Crippen LogP contribution in [0.1, 0.15) is 6.92 Å². The molecule has 5 rings (SSSR count). The van der Waals surface area contributed by atoms with E-state index in [1.165, 1.54) is 18.6 Å². The van der Waals surface area contributed by atoms with E-state index in [-0.39, 0.29) is 22.7 Å². The van der Waals surface area contributed by atoms with Crippen LogP contribution in [0.15, 0.2) is 55.2 Å². The van der Waals surface area contributed by atoms with Crippen molar-refractivity contribution in [1.82, 2.24) is 29.6 Å². The van der Waals surface area contributed by atoms with Crippen molar-refractivity contribution in [2.45, 2.75) is 13.0 Å². The highest BCUT2D eigenvalue weighted by molar-refractivity contribution is 5.99. The maximum Gasteiger partial charge on any atom is 0.156 e. The number of hydrogen-bond acceptors (Lipinski definition) is 7. The van der Waals surface area contributed by atoms with Gasteiger partial charge in [0.1, 0.15) is 29.5 Å². The Labute approximate surface area is 206 Å². The molecule has 0 aliphatic rings. The average Bonchev–Trinajstić information content (AvgIpc) is 3.28. The molecule has 0 unspecified atom stereocenters. The third-order valence-electron chi connectivity index (χ3n) is 5.72. The van der Waals surface area contributed by atoms with Crippen LogP contribution in [0.25, 0.3) is 32.9 Å². The lowest BCUT2D eigenvalue weighted by atomic mass is 10.1. The van der Waals surface area contributed by atoms with Crippen LogP contribution in [0.4, 0.5) is 20.3 Å². The molecule has 5 aromatic rings. The molecule has 0 amide bonds. The Morgan fingerprint density at radius 2 is 1.94 bits per heavy atom. The monoisotopic (exact) mass is 489 g/mol. The van der Waals surface area contributed by atoms with Crippen LogP contribution < -0.4 is 10.1 Å². The fourth-order valence-electron chi connectivity index (χ4n) is 4.24. The maximum atomic E-state index is 15.3. The number of aryl methyl sites for hydroxylation is 1. The lowest BCUT2D eigenvalue weighted by Gasteiger charge is -2.21. The van der Waals surface area contributed by atoms with Crippen molar-refractivity contribution in [3.8, 4) is 16.9 Å². The zero-order chi connectivity index (χ0) is 25.4. The Bertz CT molecular complexity index is 1570. The Balaban J connectivity index is 1.65. The molecule has 0 aliphatic heterocycles. The quantitative estimate of drug-likeness (QED) is 0.347.